The molecule has 82 valence electrons. The van der Waals surface area contributed by atoms with Crippen LogP contribution in [0.1, 0.15) is 19.8 Å². The van der Waals surface area contributed by atoms with E-state index in [0.717, 1.165) is 12.2 Å². The number of rotatable bonds is 5. The average molecular weight is 234 g/mol. The van der Waals surface area contributed by atoms with Crippen LogP contribution < -0.4 is 0 Å². The Morgan fingerprint density at radius 1 is 1.43 bits per heavy atom. The first-order valence-corrected chi connectivity index (χ1v) is 7.10. The van der Waals surface area contributed by atoms with Crippen LogP contribution in [-0.4, -0.2) is 41.5 Å². The van der Waals surface area contributed by atoms with Gasteiger partial charge in [0.15, 0.2) is 0 Å². The second kappa shape index (κ2) is 6.75. The van der Waals surface area contributed by atoms with Gasteiger partial charge in [0.25, 0.3) is 0 Å². The Morgan fingerprint density at radius 2 is 2.14 bits per heavy atom. The summed E-state index contributed by atoms with van der Waals surface area (Å²) in [6.45, 7) is 2.86. The van der Waals surface area contributed by atoms with Crippen molar-refractivity contribution >= 4 is 29.3 Å². The van der Waals surface area contributed by atoms with Crippen molar-refractivity contribution in [2.75, 3.05) is 25.2 Å². The lowest BCUT2D eigenvalue weighted by atomic mass is 10.1. The summed E-state index contributed by atoms with van der Waals surface area (Å²) in [5.41, 5.74) is 0. The standard InChI is InChI=1S/C10H18O2S2/c1-8-10(14-7-6-13-8)9(11)4-3-5-12-2/h8,10H,3-7H2,1-2H3. The molecule has 0 saturated carbocycles. The molecule has 0 aliphatic carbocycles. The number of hydrogen-bond donors (Lipinski definition) is 0. The molecule has 1 aliphatic rings. The Kier molecular flexibility index (Phi) is 5.98. The zero-order chi connectivity index (χ0) is 10.4. The van der Waals surface area contributed by atoms with Crippen LogP contribution in [0.25, 0.3) is 0 Å². The Hall–Kier alpha value is 0.330. The van der Waals surface area contributed by atoms with Crippen LogP contribution in [-0.2, 0) is 9.53 Å². The minimum Gasteiger partial charge on any atom is -0.385 e. The molecule has 2 nitrogen and oxygen atoms in total. The number of ketones is 1. The normalized spacial score (nSPS) is 27.6. The van der Waals surface area contributed by atoms with Gasteiger partial charge in [0.05, 0.1) is 5.25 Å². The third kappa shape index (κ3) is 3.83. The summed E-state index contributed by atoms with van der Waals surface area (Å²) in [5, 5.41) is 0.717. The second-order valence-electron chi connectivity index (χ2n) is 3.43. The molecule has 1 saturated heterocycles. The molecule has 2 unspecified atom stereocenters. The SMILES string of the molecule is COCCCC(=O)C1SCCSC1C. The van der Waals surface area contributed by atoms with Gasteiger partial charge in [-0.25, -0.2) is 0 Å². The third-order valence-electron chi connectivity index (χ3n) is 2.28. The monoisotopic (exact) mass is 234 g/mol. The molecular weight excluding hydrogens is 216 g/mol. The molecule has 0 aromatic carbocycles. The summed E-state index contributed by atoms with van der Waals surface area (Å²) < 4.78 is 4.94. The average Bonchev–Trinajstić information content (AvgIpc) is 2.18. The Labute approximate surface area is 94.5 Å². The summed E-state index contributed by atoms with van der Waals surface area (Å²) >= 11 is 3.75. The molecule has 0 radical (unpaired) electrons. The quantitative estimate of drug-likeness (QED) is 0.681. The van der Waals surface area contributed by atoms with E-state index in [0.29, 0.717) is 24.1 Å². The van der Waals surface area contributed by atoms with E-state index < -0.39 is 0 Å². The van der Waals surface area contributed by atoms with Crippen molar-refractivity contribution in [2.24, 2.45) is 0 Å². The van der Waals surface area contributed by atoms with Gasteiger partial charge < -0.3 is 4.74 Å². The van der Waals surface area contributed by atoms with Gasteiger partial charge in [0.2, 0.25) is 0 Å². The van der Waals surface area contributed by atoms with Crippen molar-refractivity contribution in [1.82, 2.24) is 0 Å². The largest absolute Gasteiger partial charge is 0.385 e. The highest BCUT2D eigenvalue weighted by Crippen LogP contribution is 2.32. The molecule has 0 aromatic heterocycles. The van der Waals surface area contributed by atoms with E-state index >= 15 is 0 Å². The number of Topliss-reactive ketones (excluding diaryl/α,β-unsaturated/α-hetero) is 1. The van der Waals surface area contributed by atoms with Gasteiger partial charge in [-0.2, -0.15) is 11.8 Å². The fourth-order valence-corrected chi connectivity index (χ4v) is 4.29. The highest BCUT2D eigenvalue weighted by molar-refractivity contribution is 8.07. The lowest BCUT2D eigenvalue weighted by Crippen LogP contribution is -2.31. The van der Waals surface area contributed by atoms with Crippen LogP contribution in [0.2, 0.25) is 0 Å². The predicted molar refractivity (Wildman–Crippen MR) is 64.3 cm³/mol. The number of carbonyl (C=O) groups excluding carboxylic acids is 1. The van der Waals surface area contributed by atoms with Crippen LogP contribution in [0.4, 0.5) is 0 Å². The van der Waals surface area contributed by atoms with Gasteiger partial charge in [-0.3, -0.25) is 4.79 Å². The molecule has 0 bridgehead atoms. The van der Waals surface area contributed by atoms with Crippen molar-refractivity contribution in [3.05, 3.63) is 0 Å². The van der Waals surface area contributed by atoms with Crippen molar-refractivity contribution in [3.63, 3.8) is 0 Å². The molecule has 0 N–H and O–H groups in total. The van der Waals surface area contributed by atoms with Gasteiger partial charge in [-0.1, -0.05) is 6.92 Å². The van der Waals surface area contributed by atoms with Crippen LogP contribution in [0.15, 0.2) is 0 Å². The molecule has 0 amide bonds. The first-order valence-electron chi connectivity index (χ1n) is 5.00. The molecule has 2 atom stereocenters. The minimum atomic E-state index is 0.227. The lowest BCUT2D eigenvalue weighted by Gasteiger charge is -2.26. The van der Waals surface area contributed by atoms with E-state index in [2.05, 4.69) is 6.92 Å². The fraction of sp³-hybridized carbons (Fsp3) is 0.900. The third-order valence-corrected chi connectivity index (χ3v) is 5.42. The number of hydrogen-bond acceptors (Lipinski definition) is 4. The number of methoxy groups -OCH3 is 1. The van der Waals surface area contributed by atoms with Gasteiger partial charge >= 0.3 is 0 Å². The van der Waals surface area contributed by atoms with E-state index in [1.54, 1.807) is 7.11 Å². The molecule has 1 aliphatic heterocycles. The lowest BCUT2D eigenvalue weighted by molar-refractivity contribution is -0.118. The summed E-state index contributed by atoms with van der Waals surface area (Å²) in [5.74, 6) is 2.72. The minimum absolute atomic E-state index is 0.227. The van der Waals surface area contributed by atoms with Crippen molar-refractivity contribution in [2.45, 2.75) is 30.3 Å². The van der Waals surface area contributed by atoms with Crippen molar-refractivity contribution < 1.29 is 9.53 Å². The van der Waals surface area contributed by atoms with Crippen LogP contribution in [0.3, 0.4) is 0 Å². The Bertz CT molecular complexity index is 185. The van der Waals surface area contributed by atoms with E-state index in [1.165, 1.54) is 5.75 Å². The number of ether oxygens (including phenoxy) is 1. The van der Waals surface area contributed by atoms with Crippen LogP contribution in [0, 0.1) is 0 Å². The smallest absolute Gasteiger partial charge is 0.147 e. The maximum absolute atomic E-state index is 11.8. The summed E-state index contributed by atoms with van der Waals surface area (Å²) in [7, 11) is 1.68. The molecule has 1 rings (SSSR count). The maximum atomic E-state index is 11.8. The van der Waals surface area contributed by atoms with Gasteiger partial charge in [0, 0.05) is 36.9 Å². The molecule has 14 heavy (non-hydrogen) atoms. The maximum Gasteiger partial charge on any atom is 0.147 e. The number of carbonyl (C=O) groups is 1. The molecular formula is C10H18O2S2. The zero-order valence-electron chi connectivity index (χ0n) is 8.82. The van der Waals surface area contributed by atoms with Crippen LogP contribution >= 0.6 is 23.5 Å². The van der Waals surface area contributed by atoms with Gasteiger partial charge in [0.1, 0.15) is 5.78 Å². The summed E-state index contributed by atoms with van der Waals surface area (Å²) in [6, 6.07) is 0. The summed E-state index contributed by atoms with van der Waals surface area (Å²) in [6.07, 6.45) is 1.54. The van der Waals surface area contributed by atoms with Crippen molar-refractivity contribution in [3.8, 4) is 0 Å². The van der Waals surface area contributed by atoms with E-state index in [4.69, 9.17) is 4.74 Å². The predicted octanol–water partition coefficient (Wildman–Crippen LogP) is 2.22. The second-order valence-corrected chi connectivity index (χ2v) is 6.16. The molecule has 1 fully saturated rings. The van der Waals surface area contributed by atoms with Crippen LogP contribution in [0.5, 0.6) is 0 Å². The Morgan fingerprint density at radius 3 is 2.79 bits per heavy atom. The molecule has 1 heterocycles. The fourth-order valence-electron chi connectivity index (χ4n) is 1.52. The first-order chi connectivity index (χ1) is 6.75. The highest BCUT2D eigenvalue weighted by Gasteiger charge is 2.28. The number of thioether (sulfide) groups is 2. The Balaban J connectivity index is 2.27. The van der Waals surface area contributed by atoms with Gasteiger partial charge in [-0.05, 0) is 6.42 Å². The van der Waals surface area contributed by atoms with E-state index in [9.17, 15) is 4.79 Å². The summed E-state index contributed by atoms with van der Waals surface area (Å²) in [4.78, 5) is 11.8. The highest BCUT2D eigenvalue weighted by atomic mass is 32.2. The first kappa shape index (κ1) is 12.4. The van der Waals surface area contributed by atoms with Crippen molar-refractivity contribution in [1.29, 1.82) is 0 Å². The topological polar surface area (TPSA) is 26.3 Å². The molecule has 4 heteroatoms. The molecule has 0 spiro atoms. The van der Waals surface area contributed by atoms with E-state index in [-0.39, 0.29) is 5.25 Å². The zero-order valence-corrected chi connectivity index (χ0v) is 10.5. The molecule has 0 aromatic rings. The van der Waals surface area contributed by atoms with E-state index in [1.807, 2.05) is 23.5 Å². The van der Waals surface area contributed by atoms with Gasteiger partial charge in [-0.15, -0.1) is 11.8 Å².